The van der Waals surface area contributed by atoms with Crippen LogP contribution in [-0.4, -0.2) is 4.98 Å². The standard InChI is InChI=1S/C10H5F3IN/c11-10(12,13)7-3-1-2-6-4-5-15-9(14)8(6)7/h1-5H. The number of aromatic nitrogens is 1. The van der Waals surface area contributed by atoms with Crippen molar-refractivity contribution in [2.45, 2.75) is 6.18 Å². The van der Waals surface area contributed by atoms with Crippen LogP contribution in [0.5, 0.6) is 0 Å². The molecule has 0 aliphatic carbocycles. The van der Waals surface area contributed by atoms with Gasteiger partial charge in [-0.3, -0.25) is 0 Å². The molecule has 1 heterocycles. The molecule has 78 valence electrons. The molecule has 5 heteroatoms. The van der Waals surface area contributed by atoms with E-state index in [-0.39, 0.29) is 5.39 Å². The minimum Gasteiger partial charge on any atom is -0.250 e. The zero-order valence-corrected chi connectivity index (χ0v) is 9.50. The van der Waals surface area contributed by atoms with Crippen molar-refractivity contribution < 1.29 is 13.2 Å². The zero-order chi connectivity index (χ0) is 11.1. The van der Waals surface area contributed by atoms with Gasteiger partial charge in [-0.25, -0.2) is 4.98 Å². The Labute approximate surface area is 97.5 Å². The molecule has 1 aromatic carbocycles. The smallest absolute Gasteiger partial charge is 0.250 e. The lowest BCUT2D eigenvalue weighted by Crippen LogP contribution is -2.06. The third-order valence-electron chi connectivity index (χ3n) is 2.05. The van der Waals surface area contributed by atoms with Crippen molar-refractivity contribution in [3.05, 3.63) is 39.7 Å². The third-order valence-corrected chi connectivity index (χ3v) is 2.87. The molecule has 0 saturated carbocycles. The van der Waals surface area contributed by atoms with E-state index in [1.807, 2.05) is 22.6 Å². The van der Waals surface area contributed by atoms with Gasteiger partial charge in [0.15, 0.2) is 0 Å². The van der Waals surface area contributed by atoms with Crippen LogP contribution in [0.25, 0.3) is 10.8 Å². The van der Waals surface area contributed by atoms with Gasteiger partial charge in [-0.2, -0.15) is 13.2 Å². The molecule has 0 spiro atoms. The van der Waals surface area contributed by atoms with E-state index >= 15 is 0 Å². The van der Waals surface area contributed by atoms with Gasteiger partial charge in [0.2, 0.25) is 0 Å². The van der Waals surface area contributed by atoms with E-state index < -0.39 is 11.7 Å². The molecule has 1 nitrogen and oxygen atoms in total. The maximum absolute atomic E-state index is 12.7. The van der Waals surface area contributed by atoms with Crippen LogP contribution in [0.15, 0.2) is 30.5 Å². The fourth-order valence-corrected chi connectivity index (χ4v) is 2.19. The molecular formula is C10H5F3IN. The number of rotatable bonds is 0. The molecule has 2 rings (SSSR count). The number of benzene rings is 1. The summed E-state index contributed by atoms with van der Waals surface area (Å²) in [7, 11) is 0. The number of hydrogen-bond donors (Lipinski definition) is 0. The van der Waals surface area contributed by atoms with Crippen LogP contribution in [0.2, 0.25) is 0 Å². The van der Waals surface area contributed by atoms with E-state index in [2.05, 4.69) is 4.98 Å². The first kappa shape index (κ1) is 10.7. The number of nitrogens with zero attached hydrogens (tertiary/aromatic N) is 1. The summed E-state index contributed by atoms with van der Waals surface area (Å²) in [5.74, 6) is 0. The SMILES string of the molecule is FC(F)(F)c1cccc2ccnc(I)c12. The lowest BCUT2D eigenvalue weighted by Gasteiger charge is -2.10. The van der Waals surface area contributed by atoms with Crippen molar-refractivity contribution >= 4 is 33.4 Å². The monoisotopic (exact) mass is 323 g/mol. The van der Waals surface area contributed by atoms with Crippen LogP contribution in [0.4, 0.5) is 13.2 Å². The van der Waals surface area contributed by atoms with E-state index in [0.29, 0.717) is 9.09 Å². The van der Waals surface area contributed by atoms with Gasteiger partial charge in [-0.15, -0.1) is 0 Å². The Morgan fingerprint density at radius 1 is 1.13 bits per heavy atom. The fourth-order valence-electron chi connectivity index (χ4n) is 1.42. The lowest BCUT2D eigenvalue weighted by molar-refractivity contribution is -0.136. The summed E-state index contributed by atoms with van der Waals surface area (Å²) in [6, 6.07) is 5.70. The molecule has 1 aromatic heterocycles. The van der Waals surface area contributed by atoms with Gasteiger partial charge >= 0.3 is 6.18 Å². The molecular weight excluding hydrogens is 318 g/mol. The molecule has 2 aromatic rings. The Morgan fingerprint density at radius 3 is 2.53 bits per heavy atom. The van der Waals surface area contributed by atoms with Gasteiger partial charge in [0, 0.05) is 11.6 Å². The van der Waals surface area contributed by atoms with Crippen LogP contribution < -0.4 is 0 Å². The maximum Gasteiger partial charge on any atom is 0.417 e. The van der Waals surface area contributed by atoms with Crippen molar-refractivity contribution in [2.24, 2.45) is 0 Å². The number of halogens is 4. The predicted molar refractivity (Wildman–Crippen MR) is 59.5 cm³/mol. The Hall–Kier alpha value is -0.850. The Kier molecular flexibility index (Phi) is 2.57. The zero-order valence-electron chi connectivity index (χ0n) is 7.35. The molecule has 0 N–H and O–H groups in total. The fraction of sp³-hybridized carbons (Fsp3) is 0.100. The van der Waals surface area contributed by atoms with Gasteiger partial charge in [-0.05, 0) is 40.1 Å². The van der Waals surface area contributed by atoms with Gasteiger partial charge in [0.1, 0.15) is 3.70 Å². The second-order valence-electron chi connectivity index (χ2n) is 3.00. The highest BCUT2D eigenvalue weighted by Gasteiger charge is 2.33. The van der Waals surface area contributed by atoms with Gasteiger partial charge in [-0.1, -0.05) is 12.1 Å². The molecule has 0 aliphatic heterocycles. The number of alkyl halides is 3. The van der Waals surface area contributed by atoms with Gasteiger partial charge in [0.05, 0.1) is 5.56 Å². The molecule has 15 heavy (non-hydrogen) atoms. The van der Waals surface area contributed by atoms with Crippen molar-refractivity contribution in [3.63, 3.8) is 0 Å². The van der Waals surface area contributed by atoms with Gasteiger partial charge < -0.3 is 0 Å². The summed E-state index contributed by atoms with van der Waals surface area (Å²) in [6.07, 6.45) is -2.83. The Morgan fingerprint density at radius 2 is 1.87 bits per heavy atom. The van der Waals surface area contributed by atoms with E-state index in [1.165, 1.54) is 12.3 Å². The Balaban J connectivity index is 2.86. The third kappa shape index (κ3) is 1.92. The topological polar surface area (TPSA) is 12.9 Å². The molecule has 0 unspecified atom stereocenters. The minimum atomic E-state index is -4.33. The number of hydrogen-bond acceptors (Lipinski definition) is 1. The minimum absolute atomic E-state index is 0.174. The molecule has 0 fully saturated rings. The van der Waals surface area contributed by atoms with Crippen LogP contribution in [-0.2, 0) is 6.18 Å². The van der Waals surface area contributed by atoms with E-state index in [1.54, 1.807) is 12.1 Å². The van der Waals surface area contributed by atoms with Crippen LogP contribution >= 0.6 is 22.6 Å². The van der Waals surface area contributed by atoms with Gasteiger partial charge in [0.25, 0.3) is 0 Å². The molecule has 0 atom stereocenters. The molecule has 0 amide bonds. The highest BCUT2D eigenvalue weighted by atomic mass is 127. The second kappa shape index (κ2) is 3.62. The van der Waals surface area contributed by atoms with Crippen LogP contribution in [0, 0.1) is 3.70 Å². The van der Waals surface area contributed by atoms with Crippen molar-refractivity contribution in [3.8, 4) is 0 Å². The van der Waals surface area contributed by atoms with Crippen molar-refractivity contribution in [1.82, 2.24) is 4.98 Å². The predicted octanol–water partition coefficient (Wildman–Crippen LogP) is 3.86. The summed E-state index contributed by atoms with van der Waals surface area (Å²) in [6.45, 7) is 0. The average Bonchev–Trinajstić information content (AvgIpc) is 2.16. The van der Waals surface area contributed by atoms with E-state index in [4.69, 9.17) is 0 Å². The largest absolute Gasteiger partial charge is 0.417 e. The van der Waals surface area contributed by atoms with Crippen LogP contribution in [0.1, 0.15) is 5.56 Å². The normalized spacial score (nSPS) is 12.0. The number of fused-ring (bicyclic) bond motifs is 1. The maximum atomic E-state index is 12.7. The molecule has 0 bridgehead atoms. The summed E-state index contributed by atoms with van der Waals surface area (Å²) in [5, 5.41) is 0.734. The van der Waals surface area contributed by atoms with Crippen LogP contribution in [0.3, 0.4) is 0 Å². The molecule has 0 radical (unpaired) electrons. The summed E-state index contributed by atoms with van der Waals surface area (Å²) in [5.41, 5.74) is -0.627. The Bertz CT molecular complexity index is 502. The molecule has 0 saturated heterocycles. The van der Waals surface area contributed by atoms with Crippen molar-refractivity contribution in [1.29, 1.82) is 0 Å². The van der Waals surface area contributed by atoms with Crippen molar-refractivity contribution in [2.75, 3.05) is 0 Å². The first-order valence-corrected chi connectivity index (χ1v) is 5.18. The average molecular weight is 323 g/mol. The lowest BCUT2D eigenvalue weighted by atomic mass is 10.1. The summed E-state index contributed by atoms with van der Waals surface area (Å²) >= 11 is 1.81. The summed E-state index contributed by atoms with van der Waals surface area (Å²) < 4.78 is 38.4. The summed E-state index contributed by atoms with van der Waals surface area (Å²) in [4.78, 5) is 3.87. The number of pyridine rings is 1. The highest BCUT2D eigenvalue weighted by Crippen LogP contribution is 2.35. The molecule has 0 aliphatic rings. The quantitative estimate of drug-likeness (QED) is 0.530. The highest BCUT2D eigenvalue weighted by molar-refractivity contribution is 14.1. The first-order valence-electron chi connectivity index (χ1n) is 4.10. The first-order chi connectivity index (χ1) is 7.00. The van der Waals surface area contributed by atoms with E-state index in [9.17, 15) is 13.2 Å². The van der Waals surface area contributed by atoms with E-state index in [0.717, 1.165) is 6.07 Å². The second-order valence-corrected chi connectivity index (χ2v) is 4.03.